The van der Waals surface area contributed by atoms with Crippen molar-refractivity contribution in [2.24, 2.45) is 0 Å². The van der Waals surface area contributed by atoms with Crippen molar-refractivity contribution in [2.75, 3.05) is 12.0 Å². The zero-order valence-corrected chi connectivity index (χ0v) is 10.1. The number of halogens is 1. The lowest BCUT2D eigenvalue weighted by Crippen LogP contribution is -2.39. The molecular formula is C10H14BrN3O. The molecule has 2 amide bonds. The van der Waals surface area contributed by atoms with E-state index in [0.29, 0.717) is 6.54 Å². The third-order valence-electron chi connectivity index (χ3n) is 1.70. The number of urea groups is 1. The van der Waals surface area contributed by atoms with E-state index < -0.39 is 0 Å². The average molecular weight is 272 g/mol. The second-order valence-corrected chi connectivity index (χ2v) is 3.93. The summed E-state index contributed by atoms with van der Waals surface area (Å²) in [6, 6.07) is 7.30. The highest BCUT2D eigenvalue weighted by atomic mass is 79.9. The summed E-state index contributed by atoms with van der Waals surface area (Å²) in [5.41, 5.74) is 6.17. The number of hydrazine groups is 1. The number of nitrogens with one attached hydrogen (secondary N) is 3. The highest BCUT2D eigenvalue weighted by Gasteiger charge is 1.97. The number of anilines is 1. The zero-order valence-electron chi connectivity index (χ0n) is 8.51. The van der Waals surface area contributed by atoms with Crippen LogP contribution in [0.3, 0.4) is 0 Å². The Morgan fingerprint density at radius 1 is 1.33 bits per heavy atom. The fraction of sp³-hybridized carbons (Fsp3) is 0.300. The summed E-state index contributed by atoms with van der Waals surface area (Å²) in [6.07, 6.45) is 0.922. The monoisotopic (exact) mass is 271 g/mol. The fourth-order valence-corrected chi connectivity index (χ4v) is 1.21. The molecule has 5 heteroatoms. The zero-order chi connectivity index (χ0) is 11.1. The predicted molar refractivity (Wildman–Crippen MR) is 64.6 cm³/mol. The van der Waals surface area contributed by atoms with E-state index >= 15 is 0 Å². The van der Waals surface area contributed by atoms with Gasteiger partial charge in [-0.3, -0.25) is 10.9 Å². The first kappa shape index (κ1) is 11.8. The van der Waals surface area contributed by atoms with Crippen LogP contribution < -0.4 is 16.2 Å². The van der Waals surface area contributed by atoms with Crippen molar-refractivity contribution < 1.29 is 4.79 Å². The molecule has 1 aromatic rings. The molecule has 0 atom stereocenters. The molecule has 0 aromatic heterocycles. The van der Waals surface area contributed by atoms with Crippen LogP contribution in [0.2, 0.25) is 0 Å². The second-order valence-electron chi connectivity index (χ2n) is 3.01. The predicted octanol–water partition coefficient (Wildman–Crippen LogP) is 2.49. The molecule has 1 rings (SSSR count). The number of benzene rings is 1. The first-order chi connectivity index (χ1) is 7.22. The lowest BCUT2D eigenvalue weighted by atomic mass is 10.3. The van der Waals surface area contributed by atoms with Crippen LogP contribution in [0.25, 0.3) is 0 Å². The lowest BCUT2D eigenvalue weighted by Gasteiger charge is -2.09. The molecule has 4 nitrogen and oxygen atoms in total. The minimum Gasteiger partial charge on any atom is -0.337 e. The van der Waals surface area contributed by atoms with Crippen LogP contribution >= 0.6 is 15.9 Å². The normalized spacial score (nSPS) is 9.47. The van der Waals surface area contributed by atoms with Crippen molar-refractivity contribution in [2.45, 2.75) is 13.3 Å². The van der Waals surface area contributed by atoms with E-state index in [1.54, 1.807) is 0 Å². The standard InChI is InChI=1S/C10H14BrN3O/c1-2-7-12-10(15)14-13-9-5-3-8(11)4-6-9/h3-6,13H,2,7H2,1H3,(H2,12,14,15). The number of hydrogen-bond acceptors (Lipinski definition) is 2. The lowest BCUT2D eigenvalue weighted by molar-refractivity contribution is 0.243. The summed E-state index contributed by atoms with van der Waals surface area (Å²) in [6.45, 7) is 2.68. The molecule has 0 radical (unpaired) electrons. The van der Waals surface area contributed by atoms with Gasteiger partial charge in [0.05, 0.1) is 5.69 Å². The van der Waals surface area contributed by atoms with Crippen molar-refractivity contribution in [3.05, 3.63) is 28.7 Å². The van der Waals surface area contributed by atoms with Gasteiger partial charge < -0.3 is 5.32 Å². The fourth-order valence-electron chi connectivity index (χ4n) is 0.945. The first-order valence-corrected chi connectivity index (χ1v) is 5.57. The minimum atomic E-state index is -0.222. The van der Waals surface area contributed by atoms with E-state index in [9.17, 15) is 4.79 Å². The SMILES string of the molecule is CCCNC(=O)NNc1ccc(Br)cc1. The third kappa shape index (κ3) is 4.69. The molecule has 0 aliphatic rings. The molecular weight excluding hydrogens is 258 g/mol. The van der Waals surface area contributed by atoms with Gasteiger partial charge in [-0.2, -0.15) is 0 Å². The van der Waals surface area contributed by atoms with Gasteiger partial charge in [0.25, 0.3) is 0 Å². The number of hydrogen-bond donors (Lipinski definition) is 3. The smallest absolute Gasteiger partial charge is 0.333 e. The topological polar surface area (TPSA) is 53.2 Å². The van der Waals surface area contributed by atoms with Crippen LogP contribution in [0.4, 0.5) is 10.5 Å². The van der Waals surface area contributed by atoms with Crippen LogP contribution in [0.15, 0.2) is 28.7 Å². The Hall–Kier alpha value is -1.23. The number of rotatable bonds is 4. The van der Waals surface area contributed by atoms with E-state index in [2.05, 4.69) is 32.1 Å². The van der Waals surface area contributed by atoms with Gasteiger partial charge >= 0.3 is 6.03 Å². The van der Waals surface area contributed by atoms with Crippen molar-refractivity contribution in [3.63, 3.8) is 0 Å². The van der Waals surface area contributed by atoms with Crippen LogP contribution in [-0.2, 0) is 0 Å². The van der Waals surface area contributed by atoms with Crippen molar-refractivity contribution >= 4 is 27.6 Å². The molecule has 0 spiro atoms. The van der Waals surface area contributed by atoms with E-state index in [1.165, 1.54) is 0 Å². The molecule has 0 aliphatic carbocycles. The Bertz CT molecular complexity index is 313. The summed E-state index contributed by atoms with van der Waals surface area (Å²) in [7, 11) is 0. The maximum absolute atomic E-state index is 11.1. The van der Waals surface area contributed by atoms with Gasteiger partial charge in [-0.25, -0.2) is 4.79 Å². The average Bonchev–Trinajstić information content (AvgIpc) is 2.25. The minimum absolute atomic E-state index is 0.222. The van der Waals surface area contributed by atoms with Gasteiger partial charge in [-0.15, -0.1) is 0 Å². The molecule has 0 saturated heterocycles. The van der Waals surface area contributed by atoms with Gasteiger partial charge in [-0.1, -0.05) is 22.9 Å². The van der Waals surface area contributed by atoms with E-state index in [0.717, 1.165) is 16.6 Å². The maximum atomic E-state index is 11.1. The highest BCUT2D eigenvalue weighted by Crippen LogP contribution is 2.12. The molecule has 3 N–H and O–H groups in total. The Kier molecular flexibility index (Phi) is 4.97. The summed E-state index contributed by atoms with van der Waals surface area (Å²) in [5, 5.41) is 2.69. The van der Waals surface area contributed by atoms with Gasteiger partial charge in [0.2, 0.25) is 0 Å². The first-order valence-electron chi connectivity index (χ1n) is 4.78. The number of carbonyl (C=O) groups is 1. The largest absolute Gasteiger partial charge is 0.337 e. The van der Waals surface area contributed by atoms with E-state index in [-0.39, 0.29) is 6.03 Å². The van der Waals surface area contributed by atoms with Crippen LogP contribution in [-0.4, -0.2) is 12.6 Å². The van der Waals surface area contributed by atoms with Crippen molar-refractivity contribution in [1.29, 1.82) is 0 Å². The summed E-state index contributed by atoms with van der Waals surface area (Å²) in [4.78, 5) is 11.1. The summed E-state index contributed by atoms with van der Waals surface area (Å²) in [5.74, 6) is 0. The van der Waals surface area contributed by atoms with Crippen molar-refractivity contribution in [1.82, 2.24) is 10.7 Å². The van der Waals surface area contributed by atoms with Crippen molar-refractivity contribution in [3.8, 4) is 0 Å². The number of amides is 2. The van der Waals surface area contributed by atoms with Crippen LogP contribution in [0, 0.1) is 0 Å². The Morgan fingerprint density at radius 2 is 2.00 bits per heavy atom. The molecule has 0 heterocycles. The molecule has 0 fully saturated rings. The molecule has 0 saturated carbocycles. The summed E-state index contributed by atoms with van der Waals surface area (Å²) < 4.78 is 1.00. The highest BCUT2D eigenvalue weighted by molar-refractivity contribution is 9.10. The summed E-state index contributed by atoms with van der Waals surface area (Å²) >= 11 is 3.33. The quantitative estimate of drug-likeness (QED) is 0.737. The third-order valence-corrected chi connectivity index (χ3v) is 2.23. The van der Waals surface area contributed by atoms with Crippen LogP contribution in [0.1, 0.15) is 13.3 Å². The van der Waals surface area contributed by atoms with Gasteiger partial charge in [0.1, 0.15) is 0 Å². The Morgan fingerprint density at radius 3 is 2.60 bits per heavy atom. The van der Waals surface area contributed by atoms with E-state index in [4.69, 9.17) is 0 Å². The molecule has 15 heavy (non-hydrogen) atoms. The molecule has 0 unspecified atom stereocenters. The van der Waals surface area contributed by atoms with Gasteiger partial charge in [-0.05, 0) is 30.7 Å². The molecule has 0 aliphatic heterocycles. The maximum Gasteiger partial charge on any atom is 0.333 e. The van der Waals surface area contributed by atoms with Gasteiger partial charge in [0, 0.05) is 11.0 Å². The van der Waals surface area contributed by atoms with Crippen LogP contribution in [0.5, 0.6) is 0 Å². The molecule has 1 aromatic carbocycles. The van der Waals surface area contributed by atoms with Gasteiger partial charge in [0.15, 0.2) is 0 Å². The molecule has 0 bridgehead atoms. The second kappa shape index (κ2) is 6.29. The number of carbonyl (C=O) groups excluding carboxylic acids is 1. The molecule has 82 valence electrons. The Balaban J connectivity index is 2.30. The Labute approximate surface area is 97.5 Å². The van der Waals surface area contributed by atoms with E-state index in [1.807, 2.05) is 31.2 Å².